The van der Waals surface area contributed by atoms with Crippen LogP contribution in [0.15, 0.2) is 60.8 Å². The van der Waals surface area contributed by atoms with Gasteiger partial charge >= 0.3 is 0 Å². The summed E-state index contributed by atoms with van der Waals surface area (Å²) in [5.41, 5.74) is 13.4. The number of unbranched alkanes of at least 4 members (excludes halogenated alkanes) is 1. The molecule has 4 heterocycles. The van der Waals surface area contributed by atoms with Crippen LogP contribution in [0.4, 0.5) is 0 Å². The molecular weight excluding hydrogens is 1080 g/mol. The van der Waals surface area contributed by atoms with E-state index in [2.05, 4.69) is 47.5 Å². The van der Waals surface area contributed by atoms with Gasteiger partial charge in [-0.2, -0.15) is 0 Å². The number of amides is 11. The maximum absolute atomic E-state index is 14.9. The number of carbonyl (C=O) groups excluding carboxylic acids is 11. The number of aliphatic hydroxyl groups is 1. The van der Waals surface area contributed by atoms with E-state index in [1.165, 1.54) is 23.6 Å². The number of fused-ring (bicyclic) bond motifs is 3. The van der Waals surface area contributed by atoms with Crippen molar-refractivity contribution in [3.05, 3.63) is 71.9 Å². The van der Waals surface area contributed by atoms with Crippen molar-refractivity contribution in [2.24, 2.45) is 23.3 Å². The van der Waals surface area contributed by atoms with Crippen LogP contribution in [-0.4, -0.2) is 171 Å². The molecule has 3 aliphatic rings. The van der Waals surface area contributed by atoms with Gasteiger partial charge in [0.15, 0.2) is 0 Å². The number of H-pyrrole nitrogens is 1. The van der Waals surface area contributed by atoms with Crippen LogP contribution in [0.3, 0.4) is 0 Å². The molecule has 11 atom stereocenters. The number of nitrogens with zero attached hydrogens (tertiary/aromatic N) is 2. The predicted octanol–water partition coefficient (Wildman–Crippen LogP) is -0.676. The van der Waals surface area contributed by atoms with Crippen molar-refractivity contribution in [3.8, 4) is 0 Å². The molecule has 0 saturated carbocycles. The number of rotatable bonds is 15. The Kier molecular flexibility index (Phi) is 23.7. The molecule has 0 spiro atoms. The highest BCUT2D eigenvalue weighted by molar-refractivity contribution is 6.01. The van der Waals surface area contributed by atoms with Gasteiger partial charge in [0.2, 0.25) is 65.0 Å². The Morgan fingerprint density at radius 1 is 0.571 bits per heavy atom. The summed E-state index contributed by atoms with van der Waals surface area (Å²) in [5.74, 6) is -9.46. The zero-order valence-electron chi connectivity index (χ0n) is 48.9. The van der Waals surface area contributed by atoms with Crippen LogP contribution < -0.4 is 54.0 Å². The standard InChI is InChI=1S/C59H85N13O12/c1-32(2)26-41-52(77)67-44(29-37-31-62-39-19-11-10-18-38(37)39)55(80)66-42(27-33(3)4)53(78)68-45(30-48(61)74)56(81)64-40(20-12-13-23-60)51(76)63-34(5)50(75)70-49(35(6)73)59(84)72-25-15-22-47(72)58(83)71-24-14-21-46(71)57(82)69-43(54(79)65-41)28-36-16-8-7-9-17-36/h7-11,16-19,31-35,40-47,49,62,73H,12-15,20-30,60H2,1-6H3,(H2,61,74)(H,63,76)(H,64,81)(H,65,79)(H,66,80)(H,67,77)(H,68,78)(H,69,82)(H,70,75)/t34-,35+,40-,41-,42-,43-,44-,45-,46-,47+,49-/m0/s1. The van der Waals surface area contributed by atoms with Gasteiger partial charge in [0.25, 0.3) is 0 Å². The molecule has 0 unspecified atom stereocenters. The Morgan fingerprint density at radius 3 is 1.67 bits per heavy atom. The van der Waals surface area contributed by atoms with Gasteiger partial charge in [0.05, 0.1) is 12.5 Å². The van der Waals surface area contributed by atoms with E-state index < -0.39 is 138 Å². The zero-order valence-corrected chi connectivity index (χ0v) is 48.9. The number of primary amides is 1. The van der Waals surface area contributed by atoms with E-state index in [1.54, 1.807) is 50.4 Å². The summed E-state index contributed by atoms with van der Waals surface area (Å²) in [6, 6.07) is 2.56. The van der Waals surface area contributed by atoms with Gasteiger partial charge in [-0.1, -0.05) is 76.2 Å². The molecule has 3 aromatic rings. The molecule has 84 heavy (non-hydrogen) atoms. The van der Waals surface area contributed by atoms with Crippen molar-refractivity contribution in [2.75, 3.05) is 19.6 Å². The fraction of sp³-hybridized carbons (Fsp3) is 0.576. The highest BCUT2D eigenvalue weighted by atomic mass is 16.3. The zero-order chi connectivity index (χ0) is 61.4. The van der Waals surface area contributed by atoms with Crippen LogP contribution in [-0.2, 0) is 65.6 Å². The minimum absolute atomic E-state index is 0.00618. The molecule has 14 N–H and O–H groups in total. The number of nitrogens with two attached hydrogens (primary N) is 2. The molecule has 3 saturated heterocycles. The maximum Gasteiger partial charge on any atom is 0.248 e. The van der Waals surface area contributed by atoms with Crippen molar-refractivity contribution >= 4 is 75.9 Å². The van der Waals surface area contributed by atoms with Gasteiger partial charge in [0.1, 0.15) is 60.4 Å². The summed E-state index contributed by atoms with van der Waals surface area (Å²) in [4.78, 5) is 163. The van der Waals surface area contributed by atoms with Crippen molar-refractivity contribution in [2.45, 2.75) is 185 Å². The van der Waals surface area contributed by atoms with Gasteiger partial charge in [-0.3, -0.25) is 52.7 Å². The molecule has 2 aromatic carbocycles. The van der Waals surface area contributed by atoms with Crippen molar-refractivity contribution in [1.29, 1.82) is 0 Å². The Morgan fingerprint density at radius 2 is 1.07 bits per heavy atom. The first-order valence-corrected chi connectivity index (χ1v) is 29.2. The first kappa shape index (κ1) is 65.2. The Hall–Kier alpha value is -7.93. The smallest absolute Gasteiger partial charge is 0.248 e. The molecular formula is C59H85N13O12. The summed E-state index contributed by atoms with van der Waals surface area (Å²) >= 11 is 0. The van der Waals surface area contributed by atoms with Gasteiger partial charge < -0.3 is 73.9 Å². The summed E-state index contributed by atoms with van der Waals surface area (Å²) in [6.45, 7) is 10.3. The SMILES string of the molecule is CC(C)C[C@@H]1NC(=O)[C@H](Cc2c[nH]c3ccccc23)NC(=O)[C@H](CC(C)C)NC(=O)[C@H](Cc2ccccc2)NC(=O)[C@@H]2CCCN2C(=O)[C@H]2CCCN2C(=O)[C@H]([C@@H](C)O)NC(=O)[C@H](C)NC(=O)[C@H](CCCCN)NC(=O)[C@H](CC(N)=O)NC1=O. The summed E-state index contributed by atoms with van der Waals surface area (Å²) < 4.78 is 0. The summed E-state index contributed by atoms with van der Waals surface area (Å²) in [7, 11) is 0. The summed E-state index contributed by atoms with van der Waals surface area (Å²) in [5, 5.41) is 33.2. The molecule has 3 fully saturated rings. The normalized spacial score (nSPS) is 26.5. The van der Waals surface area contributed by atoms with Crippen LogP contribution in [0, 0.1) is 11.8 Å². The number of carbonyl (C=O) groups is 11. The first-order chi connectivity index (χ1) is 39.9. The number of benzene rings is 2. The topological polar surface area (TPSA) is 379 Å². The number of aromatic nitrogens is 1. The van der Waals surface area contributed by atoms with Crippen LogP contribution in [0.1, 0.15) is 117 Å². The van der Waals surface area contributed by atoms with E-state index in [-0.39, 0.29) is 76.4 Å². The van der Waals surface area contributed by atoms with Gasteiger partial charge in [-0.25, -0.2) is 0 Å². The second-order valence-electron chi connectivity index (χ2n) is 23.2. The van der Waals surface area contributed by atoms with Crippen LogP contribution in [0.5, 0.6) is 0 Å². The molecule has 11 amide bonds. The average molecular weight is 1170 g/mol. The Bertz CT molecular complexity index is 2840. The molecule has 0 radical (unpaired) electrons. The third-order valence-electron chi connectivity index (χ3n) is 15.4. The number of aliphatic hydroxyl groups excluding tert-OH is 1. The molecule has 25 heteroatoms. The summed E-state index contributed by atoms with van der Waals surface area (Å²) in [6.07, 6.45) is 1.27. The van der Waals surface area contributed by atoms with E-state index in [0.29, 0.717) is 36.8 Å². The molecule has 3 aliphatic heterocycles. The number of hydrogen-bond acceptors (Lipinski definition) is 13. The largest absolute Gasteiger partial charge is 0.391 e. The van der Waals surface area contributed by atoms with Crippen molar-refractivity contribution < 1.29 is 57.8 Å². The lowest BCUT2D eigenvalue weighted by molar-refractivity contribution is -0.149. The Labute approximate surface area is 489 Å². The monoisotopic (exact) mass is 1170 g/mol. The highest BCUT2D eigenvalue weighted by Gasteiger charge is 2.45. The molecule has 25 nitrogen and oxygen atoms in total. The number of para-hydroxylation sites is 1. The lowest BCUT2D eigenvalue weighted by atomic mass is 9.98. The van der Waals surface area contributed by atoms with E-state index >= 15 is 0 Å². The fourth-order valence-electron chi connectivity index (χ4n) is 11.0. The van der Waals surface area contributed by atoms with Crippen LogP contribution >= 0.6 is 0 Å². The third-order valence-corrected chi connectivity index (χ3v) is 15.4. The lowest BCUT2D eigenvalue weighted by Crippen LogP contribution is -2.62. The number of aromatic amines is 1. The maximum atomic E-state index is 14.9. The average Bonchev–Trinajstić information content (AvgIpc) is 4.43. The Balaban J connectivity index is 1.41. The lowest BCUT2D eigenvalue weighted by Gasteiger charge is -2.34. The third kappa shape index (κ3) is 17.8. The number of nitrogens with one attached hydrogen (secondary N) is 9. The van der Waals surface area contributed by atoms with E-state index in [4.69, 9.17) is 11.5 Å². The van der Waals surface area contributed by atoms with Crippen molar-refractivity contribution in [3.63, 3.8) is 0 Å². The predicted molar refractivity (Wildman–Crippen MR) is 310 cm³/mol. The minimum Gasteiger partial charge on any atom is -0.391 e. The van der Waals surface area contributed by atoms with E-state index in [9.17, 15) is 57.8 Å². The molecule has 0 aliphatic carbocycles. The molecule has 458 valence electrons. The van der Waals surface area contributed by atoms with Gasteiger partial charge in [-0.05, 0) is 107 Å². The van der Waals surface area contributed by atoms with Crippen LogP contribution in [0.2, 0.25) is 0 Å². The molecule has 0 bridgehead atoms. The van der Waals surface area contributed by atoms with Gasteiger partial charge in [0, 0.05) is 43.0 Å². The van der Waals surface area contributed by atoms with Gasteiger partial charge in [-0.15, -0.1) is 0 Å². The second-order valence-corrected chi connectivity index (χ2v) is 23.2. The quantitative estimate of drug-likeness (QED) is 0.0841. The fourth-order valence-corrected chi connectivity index (χ4v) is 11.0. The minimum atomic E-state index is -1.69. The van der Waals surface area contributed by atoms with E-state index in [1.807, 2.05) is 38.1 Å². The number of hydrogen-bond donors (Lipinski definition) is 12. The van der Waals surface area contributed by atoms with E-state index in [0.717, 1.165) is 10.9 Å². The van der Waals surface area contributed by atoms with Crippen LogP contribution in [0.25, 0.3) is 10.9 Å². The molecule has 6 rings (SSSR count). The first-order valence-electron chi connectivity index (χ1n) is 29.2. The highest BCUT2D eigenvalue weighted by Crippen LogP contribution is 2.27. The van der Waals surface area contributed by atoms with Crippen molar-refractivity contribution in [1.82, 2.24) is 57.3 Å². The molecule has 1 aromatic heterocycles. The second kappa shape index (κ2) is 30.6.